The molecule has 2 aromatic carbocycles. The van der Waals surface area contributed by atoms with E-state index in [-0.39, 0.29) is 5.91 Å². The summed E-state index contributed by atoms with van der Waals surface area (Å²) in [5, 5.41) is 0.712. The fourth-order valence-electron chi connectivity index (χ4n) is 3.55. The number of hydrogen-bond acceptors (Lipinski definition) is 6. The highest BCUT2D eigenvalue weighted by molar-refractivity contribution is 7.98. The molecule has 33 heavy (non-hydrogen) atoms. The second-order valence-electron chi connectivity index (χ2n) is 7.74. The number of methoxy groups -OCH3 is 1. The lowest BCUT2D eigenvalue weighted by Gasteiger charge is -2.20. The maximum atomic E-state index is 13.0. The molecule has 0 bridgehead atoms. The smallest absolute Gasteiger partial charge is 0.253 e. The molecule has 0 N–H and O–H groups in total. The normalized spacial score (nSPS) is 10.8. The van der Waals surface area contributed by atoms with Gasteiger partial charge < -0.3 is 14.5 Å². The highest BCUT2D eigenvalue weighted by Gasteiger charge is 2.14. The average Bonchev–Trinajstić information content (AvgIpc) is 2.84. The van der Waals surface area contributed by atoms with E-state index < -0.39 is 0 Å². The van der Waals surface area contributed by atoms with E-state index in [4.69, 9.17) is 9.72 Å². The first-order valence-electron chi connectivity index (χ1n) is 11.2. The van der Waals surface area contributed by atoms with E-state index in [1.165, 1.54) is 0 Å². The van der Waals surface area contributed by atoms with Gasteiger partial charge in [0.1, 0.15) is 5.82 Å². The maximum absolute atomic E-state index is 13.0. The summed E-state index contributed by atoms with van der Waals surface area (Å²) in [6.07, 6.45) is 0. The first kappa shape index (κ1) is 24.7. The number of rotatable bonds is 11. The Hall–Kier alpha value is -2.90. The Bertz CT molecular complexity index is 1040. The largest absolute Gasteiger partial charge is 0.378 e. The van der Waals surface area contributed by atoms with Crippen LogP contribution in [0.3, 0.4) is 0 Å². The number of benzene rings is 2. The van der Waals surface area contributed by atoms with Gasteiger partial charge in [-0.15, -0.1) is 0 Å². The van der Waals surface area contributed by atoms with E-state index in [9.17, 15) is 4.79 Å². The Morgan fingerprint density at radius 3 is 2.39 bits per heavy atom. The molecule has 0 saturated carbocycles. The van der Waals surface area contributed by atoms with Crippen LogP contribution >= 0.6 is 11.8 Å². The molecule has 0 aliphatic carbocycles. The fourth-order valence-corrected chi connectivity index (χ4v) is 4.36. The van der Waals surface area contributed by atoms with Gasteiger partial charge in [0, 0.05) is 51.2 Å². The third kappa shape index (κ3) is 7.04. The van der Waals surface area contributed by atoms with Crippen molar-refractivity contribution in [1.82, 2.24) is 14.9 Å². The van der Waals surface area contributed by atoms with E-state index >= 15 is 0 Å². The molecule has 0 fully saturated rings. The van der Waals surface area contributed by atoms with E-state index in [2.05, 4.69) is 23.7 Å². The van der Waals surface area contributed by atoms with E-state index in [0.717, 1.165) is 35.7 Å². The van der Waals surface area contributed by atoms with Crippen LogP contribution < -0.4 is 4.90 Å². The number of hydrogen-bond donors (Lipinski definition) is 0. The predicted molar refractivity (Wildman–Crippen MR) is 135 cm³/mol. The monoisotopic (exact) mass is 464 g/mol. The number of ether oxygens (including phenoxy) is 1. The van der Waals surface area contributed by atoms with Gasteiger partial charge in [-0.05, 0) is 37.1 Å². The molecule has 1 aromatic heterocycles. The van der Waals surface area contributed by atoms with Gasteiger partial charge >= 0.3 is 0 Å². The molecule has 3 rings (SSSR count). The van der Waals surface area contributed by atoms with Crippen molar-refractivity contribution in [1.29, 1.82) is 0 Å². The minimum absolute atomic E-state index is 0.00728. The molecule has 0 radical (unpaired) electrons. The van der Waals surface area contributed by atoms with E-state index in [0.29, 0.717) is 29.6 Å². The lowest BCUT2D eigenvalue weighted by Crippen LogP contribution is -2.26. The van der Waals surface area contributed by atoms with Gasteiger partial charge in [0.2, 0.25) is 0 Å². The van der Waals surface area contributed by atoms with Crippen molar-refractivity contribution in [3.05, 3.63) is 83.0 Å². The van der Waals surface area contributed by atoms with Gasteiger partial charge in [0.25, 0.3) is 5.91 Å². The Balaban J connectivity index is 1.71. The SMILES string of the molecule is CCN(CC)c1cc(COC)nc(SCc2cccc(C(=O)N(C)Cc3ccccc3)c2)n1. The van der Waals surface area contributed by atoms with Crippen molar-refractivity contribution in [2.45, 2.75) is 37.9 Å². The number of anilines is 1. The molecule has 3 aromatic rings. The van der Waals surface area contributed by atoms with Crippen LogP contribution in [0.1, 0.15) is 41.0 Å². The van der Waals surface area contributed by atoms with Crippen molar-refractivity contribution in [2.24, 2.45) is 0 Å². The van der Waals surface area contributed by atoms with Crippen LogP contribution in [0.2, 0.25) is 0 Å². The minimum atomic E-state index is 0.00728. The first-order valence-corrected chi connectivity index (χ1v) is 12.2. The molecule has 0 aliphatic rings. The van der Waals surface area contributed by atoms with Crippen molar-refractivity contribution in [3.63, 3.8) is 0 Å². The van der Waals surface area contributed by atoms with Crippen LogP contribution in [-0.2, 0) is 23.6 Å². The number of carbonyl (C=O) groups excluding carboxylic acids is 1. The third-order valence-corrected chi connectivity index (χ3v) is 6.19. The summed E-state index contributed by atoms with van der Waals surface area (Å²) in [6, 6.07) is 19.8. The van der Waals surface area contributed by atoms with Crippen LogP contribution in [0, 0.1) is 0 Å². The molecule has 174 valence electrons. The standard InChI is InChI=1S/C26H32N4O2S/c1-5-30(6-2)24-16-23(18-32-4)27-26(28-24)33-19-21-13-10-14-22(15-21)25(31)29(3)17-20-11-8-7-9-12-20/h7-16H,5-6,17-19H2,1-4H3. The van der Waals surface area contributed by atoms with Crippen molar-refractivity contribution < 1.29 is 9.53 Å². The zero-order valence-corrected chi connectivity index (χ0v) is 20.6. The summed E-state index contributed by atoms with van der Waals surface area (Å²) in [6.45, 7) is 7.02. The Morgan fingerprint density at radius 1 is 0.970 bits per heavy atom. The minimum Gasteiger partial charge on any atom is -0.378 e. The third-order valence-electron chi connectivity index (χ3n) is 5.28. The number of thioether (sulfide) groups is 1. The van der Waals surface area contributed by atoms with E-state index in [1.54, 1.807) is 23.8 Å². The molecule has 0 aliphatic heterocycles. The van der Waals surface area contributed by atoms with Gasteiger partial charge in [-0.3, -0.25) is 4.79 Å². The molecular formula is C26H32N4O2S. The van der Waals surface area contributed by atoms with Crippen LogP contribution in [0.15, 0.2) is 65.8 Å². The van der Waals surface area contributed by atoms with E-state index in [1.807, 2.05) is 67.7 Å². The van der Waals surface area contributed by atoms with Gasteiger partial charge in [-0.1, -0.05) is 54.2 Å². The molecule has 7 heteroatoms. The van der Waals surface area contributed by atoms with Crippen LogP contribution in [0.4, 0.5) is 5.82 Å². The second-order valence-corrected chi connectivity index (χ2v) is 8.68. The number of amides is 1. The molecule has 0 atom stereocenters. The summed E-state index contributed by atoms with van der Waals surface area (Å²) in [5.74, 6) is 1.60. The number of nitrogens with zero attached hydrogens (tertiary/aromatic N) is 4. The van der Waals surface area contributed by atoms with Gasteiger partial charge in [-0.25, -0.2) is 9.97 Å². The number of carbonyl (C=O) groups is 1. The molecule has 6 nitrogen and oxygen atoms in total. The molecule has 0 saturated heterocycles. The summed E-state index contributed by atoms with van der Waals surface area (Å²) < 4.78 is 5.29. The Labute approximate surface area is 201 Å². The molecule has 0 unspecified atom stereocenters. The highest BCUT2D eigenvalue weighted by Crippen LogP contribution is 2.24. The van der Waals surface area contributed by atoms with Gasteiger partial charge in [-0.2, -0.15) is 0 Å². The van der Waals surface area contributed by atoms with Crippen molar-refractivity contribution >= 4 is 23.5 Å². The summed E-state index contributed by atoms with van der Waals surface area (Å²) in [7, 11) is 3.50. The average molecular weight is 465 g/mol. The maximum Gasteiger partial charge on any atom is 0.253 e. The Kier molecular flexibility index (Phi) is 9.27. The summed E-state index contributed by atoms with van der Waals surface area (Å²) in [4.78, 5) is 26.3. The lowest BCUT2D eigenvalue weighted by molar-refractivity contribution is 0.0785. The zero-order valence-electron chi connectivity index (χ0n) is 19.8. The summed E-state index contributed by atoms with van der Waals surface area (Å²) in [5.41, 5.74) is 3.72. The fraction of sp³-hybridized carbons (Fsp3) is 0.346. The van der Waals surface area contributed by atoms with Crippen LogP contribution in [0.5, 0.6) is 0 Å². The second kappa shape index (κ2) is 12.4. The van der Waals surface area contributed by atoms with Crippen LogP contribution in [-0.4, -0.2) is 48.0 Å². The molecular weight excluding hydrogens is 432 g/mol. The van der Waals surface area contributed by atoms with Gasteiger partial charge in [0.15, 0.2) is 5.16 Å². The van der Waals surface area contributed by atoms with Crippen molar-refractivity contribution in [3.8, 4) is 0 Å². The lowest BCUT2D eigenvalue weighted by atomic mass is 10.1. The van der Waals surface area contributed by atoms with Crippen LogP contribution in [0.25, 0.3) is 0 Å². The topological polar surface area (TPSA) is 58.6 Å². The highest BCUT2D eigenvalue weighted by atomic mass is 32.2. The quantitative estimate of drug-likeness (QED) is 0.293. The first-order chi connectivity index (χ1) is 16.0. The van der Waals surface area contributed by atoms with Gasteiger partial charge in [0.05, 0.1) is 12.3 Å². The zero-order chi connectivity index (χ0) is 23.6. The van der Waals surface area contributed by atoms with Crippen molar-refractivity contribution in [2.75, 3.05) is 32.1 Å². The summed E-state index contributed by atoms with van der Waals surface area (Å²) >= 11 is 1.57. The molecule has 1 amide bonds. The Morgan fingerprint density at radius 2 is 1.70 bits per heavy atom. The predicted octanol–water partition coefficient (Wildman–Crippen LogP) is 5.03. The molecule has 0 spiro atoms. The number of aromatic nitrogens is 2. The molecule has 1 heterocycles.